The maximum absolute atomic E-state index is 14.0. The van der Waals surface area contributed by atoms with Gasteiger partial charge >= 0.3 is 6.09 Å². The van der Waals surface area contributed by atoms with Gasteiger partial charge in [0, 0.05) is 24.1 Å². The van der Waals surface area contributed by atoms with Crippen molar-refractivity contribution in [1.82, 2.24) is 9.88 Å². The Hall–Kier alpha value is -2.06. The molecular formula is C18H19F2N3O2S. The molecule has 1 atom stereocenters. The molecule has 5 rings (SSSR count). The summed E-state index contributed by atoms with van der Waals surface area (Å²) in [5.74, 6) is -0.136. The third kappa shape index (κ3) is 3.57. The van der Waals surface area contributed by atoms with E-state index in [0.717, 1.165) is 38.5 Å². The second-order valence-corrected chi connectivity index (χ2v) is 7.63. The third-order valence-corrected chi connectivity index (χ3v) is 6.04. The maximum Gasteiger partial charge on any atom is 0.412 e. The van der Waals surface area contributed by atoms with Crippen LogP contribution in [0.3, 0.4) is 0 Å². The number of piperidine rings is 3. The Morgan fingerprint density at radius 3 is 2.85 bits per heavy atom. The number of hydrogen-bond acceptors (Lipinski definition) is 5. The lowest BCUT2D eigenvalue weighted by molar-refractivity contribution is 0.0151. The van der Waals surface area contributed by atoms with E-state index in [-0.39, 0.29) is 11.4 Å². The minimum Gasteiger partial charge on any atom is -0.449 e. The van der Waals surface area contributed by atoms with Crippen LogP contribution in [-0.4, -0.2) is 42.2 Å². The second-order valence-electron chi connectivity index (χ2n) is 6.78. The molecule has 3 aliphatic rings. The summed E-state index contributed by atoms with van der Waals surface area (Å²) in [5.41, 5.74) is 1.70. The molecule has 3 aliphatic heterocycles. The van der Waals surface area contributed by atoms with Crippen LogP contribution < -0.4 is 5.32 Å². The van der Waals surface area contributed by atoms with Gasteiger partial charge in [0.05, 0.1) is 17.0 Å². The van der Waals surface area contributed by atoms with Gasteiger partial charge in [-0.1, -0.05) is 0 Å². The van der Waals surface area contributed by atoms with Gasteiger partial charge in [-0.15, -0.1) is 11.3 Å². The van der Waals surface area contributed by atoms with E-state index in [2.05, 4.69) is 15.2 Å². The van der Waals surface area contributed by atoms with E-state index in [1.807, 2.05) is 0 Å². The maximum atomic E-state index is 14.0. The number of halogens is 2. The summed E-state index contributed by atoms with van der Waals surface area (Å²) in [6, 6.07) is 3.32. The highest BCUT2D eigenvalue weighted by Crippen LogP contribution is 2.34. The van der Waals surface area contributed by atoms with Crippen molar-refractivity contribution in [2.75, 3.05) is 31.6 Å². The first kappa shape index (κ1) is 17.4. The average Bonchev–Trinajstić information content (AvgIpc) is 3.09. The molecule has 2 aromatic rings. The Bertz CT molecular complexity index is 805. The zero-order valence-corrected chi connectivity index (χ0v) is 14.9. The number of ether oxygens (including phenoxy) is 1. The van der Waals surface area contributed by atoms with Gasteiger partial charge in [-0.25, -0.2) is 18.6 Å². The zero-order valence-electron chi connectivity index (χ0n) is 14.1. The van der Waals surface area contributed by atoms with E-state index in [0.29, 0.717) is 23.3 Å². The highest BCUT2D eigenvalue weighted by atomic mass is 32.1. The fraction of sp³-hybridized carbons (Fsp3) is 0.444. The zero-order chi connectivity index (χ0) is 18.1. The molecule has 26 heavy (non-hydrogen) atoms. The summed E-state index contributed by atoms with van der Waals surface area (Å²) < 4.78 is 32.5. The van der Waals surface area contributed by atoms with Crippen LogP contribution in [0.4, 0.5) is 19.4 Å². The molecule has 0 spiro atoms. The van der Waals surface area contributed by atoms with Crippen LogP contribution in [0, 0.1) is 23.5 Å². The van der Waals surface area contributed by atoms with Crippen LogP contribution in [0.5, 0.6) is 0 Å². The first-order valence-corrected chi connectivity index (χ1v) is 9.53. The Morgan fingerprint density at radius 2 is 2.15 bits per heavy atom. The molecule has 4 heterocycles. The summed E-state index contributed by atoms with van der Waals surface area (Å²) >= 11 is 1.17. The monoisotopic (exact) mass is 379 g/mol. The number of thiazole rings is 1. The Kier molecular flexibility index (Phi) is 4.86. The Balaban J connectivity index is 1.39. The summed E-state index contributed by atoms with van der Waals surface area (Å²) in [7, 11) is 0. The highest BCUT2D eigenvalue weighted by Gasteiger charge is 2.34. The van der Waals surface area contributed by atoms with Crippen LogP contribution >= 0.6 is 11.3 Å². The van der Waals surface area contributed by atoms with Gasteiger partial charge < -0.3 is 9.64 Å². The number of carbonyl (C=O) groups is 1. The van der Waals surface area contributed by atoms with Crippen molar-refractivity contribution >= 4 is 23.2 Å². The van der Waals surface area contributed by atoms with E-state index < -0.39 is 17.7 Å². The molecule has 5 nitrogen and oxygen atoms in total. The fourth-order valence-corrected chi connectivity index (χ4v) is 4.56. The van der Waals surface area contributed by atoms with Gasteiger partial charge in [-0.2, -0.15) is 0 Å². The minimum absolute atomic E-state index is 0.196. The van der Waals surface area contributed by atoms with E-state index in [1.165, 1.54) is 29.0 Å². The number of amides is 1. The largest absolute Gasteiger partial charge is 0.449 e. The molecule has 1 amide bonds. The molecule has 2 bridgehead atoms. The molecule has 1 aromatic carbocycles. The number of rotatable bonds is 4. The van der Waals surface area contributed by atoms with Crippen LogP contribution in [0.1, 0.15) is 12.8 Å². The van der Waals surface area contributed by atoms with Crippen molar-refractivity contribution in [3.63, 3.8) is 0 Å². The van der Waals surface area contributed by atoms with E-state index in [9.17, 15) is 13.6 Å². The number of benzene rings is 1. The van der Waals surface area contributed by atoms with Gasteiger partial charge in [0.25, 0.3) is 0 Å². The Labute approximate surface area is 154 Å². The normalized spacial score (nSPS) is 24.5. The lowest BCUT2D eigenvalue weighted by Crippen LogP contribution is -2.49. The standard InChI is InChI=1S/C18H19F2N3O2S/c19-13-1-2-14(15(20)7-13)16-17(21-10-26-16)22-18(24)25-9-12-8-23-5-3-11(12)4-6-23/h1-2,7,10-12H,3-6,8-9H2,(H,22,24). The van der Waals surface area contributed by atoms with Crippen LogP contribution in [0.15, 0.2) is 23.7 Å². The molecular weight excluding hydrogens is 360 g/mol. The number of hydrogen-bond donors (Lipinski definition) is 1. The molecule has 1 N–H and O–H groups in total. The van der Waals surface area contributed by atoms with Crippen LogP contribution in [0.25, 0.3) is 10.4 Å². The predicted molar refractivity (Wildman–Crippen MR) is 95.1 cm³/mol. The fourth-order valence-electron chi connectivity index (χ4n) is 3.79. The summed E-state index contributed by atoms with van der Waals surface area (Å²) in [4.78, 5) is 19.0. The van der Waals surface area contributed by atoms with E-state index in [1.54, 1.807) is 0 Å². The molecule has 1 aromatic heterocycles. The number of nitrogens with zero attached hydrogens (tertiary/aromatic N) is 2. The van der Waals surface area contributed by atoms with Crippen molar-refractivity contribution in [2.45, 2.75) is 12.8 Å². The average molecular weight is 379 g/mol. The number of nitrogens with one attached hydrogen (secondary N) is 1. The van der Waals surface area contributed by atoms with Gasteiger partial charge in [-0.05, 0) is 44.0 Å². The molecule has 8 heteroatoms. The molecule has 0 saturated carbocycles. The third-order valence-electron chi connectivity index (χ3n) is 5.18. The van der Waals surface area contributed by atoms with Crippen molar-refractivity contribution in [3.8, 4) is 10.4 Å². The van der Waals surface area contributed by atoms with Gasteiger partial charge in [0.2, 0.25) is 0 Å². The van der Waals surface area contributed by atoms with Gasteiger partial charge in [0.1, 0.15) is 11.6 Å². The molecule has 138 valence electrons. The summed E-state index contributed by atoms with van der Waals surface area (Å²) in [5, 5.41) is 2.58. The first-order valence-electron chi connectivity index (χ1n) is 8.65. The minimum atomic E-state index is -0.696. The first-order chi connectivity index (χ1) is 12.6. The topological polar surface area (TPSA) is 54.5 Å². The number of aromatic nitrogens is 1. The lowest BCUT2D eigenvalue weighted by Gasteiger charge is -2.44. The summed E-state index contributed by atoms with van der Waals surface area (Å²) in [6.07, 6.45) is 1.72. The Morgan fingerprint density at radius 1 is 1.35 bits per heavy atom. The second kappa shape index (κ2) is 7.28. The van der Waals surface area contributed by atoms with Crippen molar-refractivity contribution < 1.29 is 18.3 Å². The smallest absolute Gasteiger partial charge is 0.412 e. The molecule has 0 radical (unpaired) electrons. The van der Waals surface area contributed by atoms with Crippen LogP contribution in [-0.2, 0) is 4.74 Å². The van der Waals surface area contributed by atoms with E-state index in [4.69, 9.17) is 4.74 Å². The van der Waals surface area contributed by atoms with Crippen LogP contribution in [0.2, 0.25) is 0 Å². The number of fused-ring (bicyclic) bond motifs is 3. The van der Waals surface area contributed by atoms with Gasteiger partial charge in [0.15, 0.2) is 5.82 Å². The SMILES string of the molecule is O=C(Nc1ncsc1-c1ccc(F)cc1F)OCC1CN2CCC1CC2. The lowest BCUT2D eigenvalue weighted by atomic mass is 9.79. The quantitative estimate of drug-likeness (QED) is 0.873. The number of carbonyl (C=O) groups excluding carboxylic acids is 1. The van der Waals surface area contributed by atoms with Gasteiger partial charge in [-0.3, -0.25) is 5.32 Å². The molecule has 1 unspecified atom stereocenters. The molecule has 3 saturated heterocycles. The van der Waals surface area contributed by atoms with Crippen molar-refractivity contribution in [2.24, 2.45) is 11.8 Å². The predicted octanol–water partition coefficient (Wildman–Crippen LogP) is 3.98. The highest BCUT2D eigenvalue weighted by molar-refractivity contribution is 7.13. The van der Waals surface area contributed by atoms with E-state index >= 15 is 0 Å². The summed E-state index contributed by atoms with van der Waals surface area (Å²) in [6.45, 7) is 3.62. The molecule has 3 fully saturated rings. The molecule has 0 aliphatic carbocycles. The van der Waals surface area contributed by atoms with Crippen molar-refractivity contribution in [3.05, 3.63) is 35.3 Å². The number of anilines is 1. The van der Waals surface area contributed by atoms with Crippen molar-refractivity contribution in [1.29, 1.82) is 0 Å².